The van der Waals surface area contributed by atoms with Gasteiger partial charge in [-0.3, -0.25) is 4.79 Å². The van der Waals surface area contributed by atoms with Crippen LogP contribution in [0, 0.1) is 28.6 Å². The van der Waals surface area contributed by atoms with Crippen LogP contribution in [0.1, 0.15) is 52.4 Å². The van der Waals surface area contributed by atoms with E-state index in [0.29, 0.717) is 18.8 Å². The molecule has 0 saturated heterocycles. The molecule has 0 unspecified atom stereocenters. The minimum absolute atomic E-state index is 0.0288. The lowest BCUT2D eigenvalue weighted by Gasteiger charge is -2.58. The Morgan fingerprint density at radius 2 is 1.78 bits per heavy atom. The van der Waals surface area contributed by atoms with Gasteiger partial charge < -0.3 is 15.3 Å². The first-order valence-electron chi connectivity index (χ1n) is 9.05. The lowest BCUT2D eigenvalue weighted by atomic mass is 9.47. The maximum absolute atomic E-state index is 12.2. The summed E-state index contributed by atoms with van der Waals surface area (Å²) >= 11 is 0. The van der Waals surface area contributed by atoms with Crippen LogP contribution in [0.25, 0.3) is 0 Å². The second-order valence-corrected chi connectivity index (χ2v) is 8.90. The van der Waals surface area contributed by atoms with E-state index in [0.717, 1.165) is 25.7 Å². The number of fused-ring (bicyclic) bond motifs is 5. The molecule has 8 atom stereocenters. The molecule has 0 heterocycles. The normalized spacial score (nSPS) is 55.7. The third-order valence-corrected chi connectivity index (χ3v) is 7.89. The average molecular weight is 320 g/mol. The molecule has 4 aliphatic rings. The summed E-state index contributed by atoms with van der Waals surface area (Å²) in [4.78, 5) is 12.2. The summed E-state index contributed by atoms with van der Waals surface area (Å²) in [5, 5.41) is 31.2. The fraction of sp³-hybridized carbons (Fsp3) is 0.842. The fourth-order valence-corrected chi connectivity index (χ4v) is 6.40. The number of aliphatic hydroxyl groups excluding tert-OH is 3. The Labute approximate surface area is 137 Å². The third-order valence-electron chi connectivity index (χ3n) is 7.89. The van der Waals surface area contributed by atoms with Crippen LogP contribution in [0.2, 0.25) is 0 Å². The minimum atomic E-state index is -0.869. The van der Waals surface area contributed by atoms with E-state index in [1.54, 1.807) is 0 Å². The van der Waals surface area contributed by atoms with Crippen molar-refractivity contribution in [3.05, 3.63) is 11.6 Å². The van der Waals surface area contributed by atoms with E-state index in [-0.39, 0.29) is 34.6 Å². The molecule has 0 radical (unpaired) electrons. The molecule has 23 heavy (non-hydrogen) atoms. The predicted molar refractivity (Wildman–Crippen MR) is 85.5 cm³/mol. The van der Waals surface area contributed by atoms with E-state index in [2.05, 4.69) is 6.92 Å². The Balaban J connectivity index is 1.75. The van der Waals surface area contributed by atoms with Crippen LogP contribution < -0.4 is 0 Å². The first-order chi connectivity index (χ1) is 10.8. The summed E-state index contributed by atoms with van der Waals surface area (Å²) in [6.07, 6.45) is 4.88. The minimum Gasteiger partial charge on any atom is -0.393 e. The lowest BCUT2D eigenvalue weighted by Crippen LogP contribution is -2.55. The quantitative estimate of drug-likeness (QED) is 0.595. The molecule has 128 valence electrons. The van der Waals surface area contributed by atoms with E-state index in [9.17, 15) is 20.1 Å². The van der Waals surface area contributed by atoms with E-state index in [1.165, 1.54) is 5.57 Å². The molecule has 0 aliphatic heterocycles. The van der Waals surface area contributed by atoms with Gasteiger partial charge in [0.2, 0.25) is 0 Å². The lowest BCUT2D eigenvalue weighted by molar-refractivity contribution is -0.130. The number of rotatable bonds is 0. The van der Waals surface area contributed by atoms with Crippen molar-refractivity contribution in [2.75, 3.05) is 0 Å². The SMILES string of the molecule is C[C@]12CC[C@H]3[C@@H]([C@H](O)C=C4C[C@@H](O)CC[C@@]43C)[C@@H]1CC(=O)[C@@H]2O. The van der Waals surface area contributed by atoms with Gasteiger partial charge in [0.05, 0.1) is 12.2 Å². The Kier molecular flexibility index (Phi) is 3.37. The zero-order valence-electron chi connectivity index (χ0n) is 14.0. The van der Waals surface area contributed by atoms with Gasteiger partial charge in [-0.1, -0.05) is 25.5 Å². The number of aliphatic hydroxyl groups is 3. The molecule has 3 saturated carbocycles. The average Bonchev–Trinajstić information content (AvgIpc) is 2.73. The van der Waals surface area contributed by atoms with Crippen LogP contribution in [0.4, 0.5) is 0 Å². The highest BCUT2D eigenvalue weighted by molar-refractivity contribution is 5.86. The van der Waals surface area contributed by atoms with Crippen molar-refractivity contribution >= 4 is 5.78 Å². The van der Waals surface area contributed by atoms with Crippen LogP contribution in [0.3, 0.4) is 0 Å². The van der Waals surface area contributed by atoms with Crippen LogP contribution in [0.5, 0.6) is 0 Å². The smallest absolute Gasteiger partial charge is 0.162 e. The van der Waals surface area contributed by atoms with E-state index < -0.39 is 12.2 Å². The molecule has 3 fully saturated rings. The summed E-state index contributed by atoms with van der Waals surface area (Å²) in [6.45, 7) is 4.31. The highest BCUT2D eigenvalue weighted by Crippen LogP contribution is 2.64. The summed E-state index contributed by atoms with van der Waals surface area (Å²) in [5.74, 6) is 0.421. The topological polar surface area (TPSA) is 77.8 Å². The zero-order chi connectivity index (χ0) is 16.6. The van der Waals surface area contributed by atoms with Gasteiger partial charge in [0.15, 0.2) is 5.78 Å². The first-order valence-corrected chi connectivity index (χ1v) is 9.05. The molecule has 0 aromatic carbocycles. The van der Waals surface area contributed by atoms with Crippen LogP contribution >= 0.6 is 0 Å². The van der Waals surface area contributed by atoms with Crippen molar-refractivity contribution in [1.82, 2.24) is 0 Å². The molecule has 4 rings (SSSR count). The Hall–Kier alpha value is -0.710. The molecular formula is C19H28O4. The van der Waals surface area contributed by atoms with Gasteiger partial charge in [-0.05, 0) is 55.3 Å². The summed E-state index contributed by atoms with van der Waals surface area (Å²) in [6, 6.07) is 0. The van der Waals surface area contributed by atoms with Gasteiger partial charge in [-0.15, -0.1) is 0 Å². The highest BCUT2D eigenvalue weighted by atomic mass is 16.3. The maximum atomic E-state index is 12.2. The number of hydrogen-bond donors (Lipinski definition) is 3. The second-order valence-electron chi connectivity index (χ2n) is 8.90. The van der Waals surface area contributed by atoms with E-state index in [1.807, 2.05) is 13.0 Å². The van der Waals surface area contributed by atoms with Crippen LogP contribution in [-0.4, -0.2) is 39.4 Å². The first kappa shape index (κ1) is 15.8. The van der Waals surface area contributed by atoms with Crippen LogP contribution in [-0.2, 0) is 4.79 Å². The predicted octanol–water partition coefficient (Wildman–Crippen LogP) is 1.82. The standard InChI is InChI=1S/C19H28O4/c1-18-5-3-11(20)7-10(18)8-14(21)16-12(18)4-6-19(2)13(16)9-15(22)17(19)23/h8,11-14,16-17,20-21,23H,3-7,9H2,1-2H3/t11-,12-,13-,14+,16+,17-,18-,19-/m0/s1. The molecule has 0 spiro atoms. The van der Waals surface area contributed by atoms with Crippen molar-refractivity contribution in [2.45, 2.75) is 70.7 Å². The Morgan fingerprint density at radius 1 is 1.04 bits per heavy atom. The molecule has 0 aromatic heterocycles. The number of Topliss-reactive ketones (excluding diaryl/α,β-unsaturated/α-hetero) is 1. The van der Waals surface area contributed by atoms with E-state index in [4.69, 9.17) is 0 Å². The molecule has 0 bridgehead atoms. The van der Waals surface area contributed by atoms with Crippen molar-refractivity contribution < 1.29 is 20.1 Å². The molecule has 0 aromatic rings. The Morgan fingerprint density at radius 3 is 2.52 bits per heavy atom. The highest BCUT2D eigenvalue weighted by Gasteiger charge is 2.62. The summed E-state index contributed by atoms with van der Waals surface area (Å²) in [7, 11) is 0. The molecule has 4 heteroatoms. The van der Waals surface area contributed by atoms with Crippen molar-refractivity contribution in [3.8, 4) is 0 Å². The monoisotopic (exact) mass is 320 g/mol. The van der Waals surface area contributed by atoms with Crippen molar-refractivity contribution in [1.29, 1.82) is 0 Å². The third kappa shape index (κ3) is 1.98. The Bertz CT molecular complexity index is 570. The van der Waals surface area contributed by atoms with Gasteiger partial charge in [-0.2, -0.15) is 0 Å². The number of carbonyl (C=O) groups is 1. The molecule has 4 nitrogen and oxygen atoms in total. The summed E-state index contributed by atoms with van der Waals surface area (Å²) in [5.41, 5.74) is 0.856. The molecular weight excluding hydrogens is 292 g/mol. The van der Waals surface area contributed by atoms with Crippen molar-refractivity contribution in [3.63, 3.8) is 0 Å². The largest absolute Gasteiger partial charge is 0.393 e. The molecule has 4 aliphatic carbocycles. The van der Waals surface area contributed by atoms with Gasteiger partial charge in [0.25, 0.3) is 0 Å². The van der Waals surface area contributed by atoms with E-state index >= 15 is 0 Å². The van der Waals surface area contributed by atoms with Crippen molar-refractivity contribution in [2.24, 2.45) is 28.6 Å². The van der Waals surface area contributed by atoms with Gasteiger partial charge in [0.1, 0.15) is 6.10 Å². The summed E-state index contributed by atoms with van der Waals surface area (Å²) < 4.78 is 0. The maximum Gasteiger partial charge on any atom is 0.162 e. The number of ketones is 1. The van der Waals surface area contributed by atoms with Gasteiger partial charge in [0, 0.05) is 11.8 Å². The number of hydrogen-bond acceptors (Lipinski definition) is 4. The fourth-order valence-electron chi connectivity index (χ4n) is 6.40. The van der Waals surface area contributed by atoms with Crippen LogP contribution in [0.15, 0.2) is 11.6 Å². The van der Waals surface area contributed by atoms with Gasteiger partial charge in [-0.25, -0.2) is 0 Å². The zero-order valence-corrected chi connectivity index (χ0v) is 14.0. The molecule has 0 amide bonds. The molecule has 3 N–H and O–H groups in total. The number of carbonyl (C=O) groups excluding carboxylic acids is 1. The van der Waals surface area contributed by atoms with Gasteiger partial charge >= 0.3 is 0 Å². The second kappa shape index (κ2) is 4.90.